The second kappa shape index (κ2) is 9.01. The van der Waals surface area contributed by atoms with Gasteiger partial charge in [0.25, 0.3) is 0 Å². The molecule has 0 radical (unpaired) electrons. The zero-order chi connectivity index (χ0) is 25.4. The van der Waals surface area contributed by atoms with E-state index in [9.17, 15) is 20.4 Å². The molecule has 0 saturated heterocycles. The van der Waals surface area contributed by atoms with Gasteiger partial charge in [-0.2, -0.15) is 10.5 Å². The molecule has 0 unspecified atom stereocenters. The number of aromatic nitrogens is 2. The number of anilines is 2. The number of carboxylic acid groups (broad SMARTS) is 1. The van der Waals surface area contributed by atoms with Crippen LogP contribution in [0.5, 0.6) is 0 Å². The SMILES string of the molecule is Cc1cc([C@@H](C)Nc2ccccc2C(=O)O)c2nc(N3Cc4cccc(C#N)c4C3)c(C#N)nc2c1. The van der Waals surface area contributed by atoms with E-state index < -0.39 is 5.97 Å². The predicted molar refractivity (Wildman–Crippen MR) is 135 cm³/mol. The Morgan fingerprint density at radius 1 is 1.08 bits per heavy atom. The van der Waals surface area contributed by atoms with E-state index in [1.54, 1.807) is 30.3 Å². The Bertz CT molecular complexity index is 1620. The first-order valence-corrected chi connectivity index (χ1v) is 11.5. The molecule has 1 aromatic heterocycles. The summed E-state index contributed by atoms with van der Waals surface area (Å²) in [5.74, 6) is -0.543. The van der Waals surface area contributed by atoms with Gasteiger partial charge in [0.05, 0.1) is 34.3 Å². The number of aryl methyl sites for hydroxylation is 1. The monoisotopic (exact) mass is 474 g/mol. The molecular weight excluding hydrogens is 452 g/mol. The minimum absolute atomic E-state index is 0.183. The summed E-state index contributed by atoms with van der Waals surface area (Å²) in [6.07, 6.45) is 0. The third-order valence-electron chi connectivity index (χ3n) is 6.43. The summed E-state index contributed by atoms with van der Waals surface area (Å²) in [6.45, 7) is 4.88. The number of nitriles is 2. The maximum absolute atomic E-state index is 11.7. The molecule has 0 aliphatic carbocycles. The Morgan fingerprint density at radius 2 is 1.89 bits per heavy atom. The zero-order valence-corrected chi connectivity index (χ0v) is 19.8. The first-order chi connectivity index (χ1) is 17.4. The zero-order valence-electron chi connectivity index (χ0n) is 19.8. The summed E-state index contributed by atoms with van der Waals surface area (Å²) in [4.78, 5) is 23.2. The minimum atomic E-state index is -1.01. The smallest absolute Gasteiger partial charge is 0.337 e. The molecule has 1 atom stereocenters. The molecule has 0 spiro atoms. The molecule has 0 fully saturated rings. The minimum Gasteiger partial charge on any atom is -0.478 e. The van der Waals surface area contributed by atoms with Gasteiger partial charge in [0.2, 0.25) is 0 Å². The van der Waals surface area contributed by atoms with Gasteiger partial charge in [0.15, 0.2) is 11.5 Å². The van der Waals surface area contributed by atoms with Crippen LogP contribution >= 0.6 is 0 Å². The van der Waals surface area contributed by atoms with Crippen molar-refractivity contribution in [2.45, 2.75) is 33.0 Å². The van der Waals surface area contributed by atoms with Crippen LogP contribution < -0.4 is 10.2 Å². The number of para-hydroxylation sites is 1. The summed E-state index contributed by atoms with van der Waals surface area (Å²) in [7, 11) is 0. The third kappa shape index (κ3) is 3.95. The number of carboxylic acids is 1. The van der Waals surface area contributed by atoms with Crippen molar-refractivity contribution < 1.29 is 9.90 Å². The summed E-state index contributed by atoms with van der Waals surface area (Å²) < 4.78 is 0. The van der Waals surface area contributed by atoms with Crippen molar-refractivity contribution in [3.8, 4) is 12.1 Å². The van der Waals surface area contributed by atoms with Crippen molar-refractivity contribution in [2.24, 2.45) is 0 Å². The topological polar surface area (TPSA) is 126 Å². The van der Waals surface area contributed by atoms with Gasteiger partial charge in [-0.15, -0.1) is 0 Å². The number of carbonyl (C=O) groups is 1. The fraction of sp³-hybridized carbons (Fsp3) is 0.179. The second-order valence-electron chi connectivity index (χ2n) is 8.86. The Hall–Kier alpha value is -4.95. The molecule has 4 aromatic rings. The van der Waals surface area contributed by atoms with Gasteiger partial charge in [-0.25, -0.2) is 14.8 Å². The number of aromatic carboxylic acids is 1. The molecule has 8 heteroatoms. The highest BCUT2D eigenvalue weighted by molar-refractivity contribution is 5.94. The molecule has 0 amide bonds. The van der Waals surface area contributed by atoms with Crippen molar-refractivity contribution in [1.82, 2.24) is 9.97 Å². The Morgan fingerprint density at radius 3 is 2.64 bits per heavy atom. The highest BCUT2D eigenvalue weighted by atomic mass is 16.4. The molecule has 2 N–H and O–H groups in total. The molecule has 1 aliphatic heterocycles. The lowest BCUT2D eigenvalue weighted by molar-refractivity contribution is 0.0698. The summed E-state index contributed by atoms with van der Waals surface area (Å²) in [5.41, 5.74) is 6.54. The molecule has 2 heterocycles. The summed E-state index contributed by atoms with van der Waals surface area (Å²) in [5, 5.41) is 32.3. The number of nitrogens with one attached hydrogen (secondary N) is 1. The maximum atomic E-state index is 11.7. The number of hydrogen-bond acceptors (Lipinski definition) is 7. The lowest BCUT2D eigenvalue weighted by atomic mass is 10.0. The van der Waals surface area contributed by atoms with Crippen LogP contribution in [0.15, 0.2) is 54.6 Å². The average molecular weight is 475 g/mol. The van der Waals surface area contributed by atoms with Crippen molar-refractivity contribution in [2.75, 3.05) is 10.2 Å². The van der Waals surface area contributed by atoms with E-state index >= 15 is 0 Å². The molecule has 0 saturated carbocycles. The average Bonchev–Trinajstić information content (AvgIpc) is 3.32. The predicted octanol–water partition coefficient (Wildman–Crippen LogP) is 5.07. The van der Waals surface area contributed by atoms with Gasteiger partial charge < -0.3 is 15.3 Å². The molecule has 8 nitrogen and oxygen atoms in total. The third-order valence-corrected chi connectivity index (χ3v) is 6.43. The van der Waals surface area contributed by atoms with Crippen LogP contribution in [-0.2, 0) is 13.1 Å². The van der Waals surface area contributed by atoms with Crippen molar-refractivity contribution in [3.05, 3.63) is 93.7 Å². The highest BCUT2D eigenvalue weighted by Gasteiger charge is 2.26. The quantitative estimate of drug-likeness (QED) is 0.410. The molecular formula is C28H22N6O2. The maximum Gasteiger partial charge on any atom is 0.337 e. The van der Waals surface area contributed by atoms with Crippen LogP contribution in [0.4, 0.5) is 11.5 Å². The lowest BCUT2D eigenvalue weighted by Gasteiger charge is -2.22. The van der Waals surface area contributed by atoms with Crippen LogP contribution in [0.1, 0.15) is 56.8 Å². The van der Waals surface area contributed by atoms with Crippen LogP contribution in [0, 0.1) is 29.6 Å². The van der Waals surface area contributed by atoms with Crippen LogP contribution in [0.3, 0.4) is 0 Å². The molecule has 0 bridgehead atoms. The number of nitrogens with zero attached hydrogens (tertiary/aromatic N) is 5. The van der Waals surface area contributed by atoms with Crippen LogP contribution in [0.2, 0.25) is 0 Å². The van der Waals surface area contributed by atoms with E-state index in [1.165, 1.54) is 0 Å². The van der Waals surface area contributed by atoms with Gasteiger partial charge in [0.1, 0.15) is 6.07 Å². The molecule has 5 rings (SSSR count). The Kier molecular flexibility index (Phi) is 5.71. The van der Waals surface area contributed by atoms with Gasteiger partial charge in [0, 0.05) is 24.3 Å². The fourth-order valence-corrected chi connectivity index (χ4v) is 4.73. The first-order valence-electron chi connectivity index (χ1n) is 11.5. The van der Waals surface area contributed by atoms with Gasteiger partial charge in [-0.3, -0.25) is 0 Å². The molecule has 36 heavy (non-hydrogen) atoms. The van der Waals surface area contributed by atoms with Crippen molar-refractivity contribution in [1.29, 1.82) is 10.5 Å². The Labute approximate surface area is 208 Å². The highest BCUT2D eigenvalue weighted by Crippen LogP contribution is 2.34. The van der Waals surface area contributed by atoms with E-state index in [1.807, 2.05) is 43.0 Å². The van der Waals surface area contributed by atoms with Gasteiger partial charge in [-0.05, 0) is 54.8 Å². The van der Waals surface area contributed by atoms with Crippen LogP contribution in [-0.4, -0.2) is 21.0 Å². The lowest BCUT2D eigenvalue weighted by Crippen LogP contribution is -2.19. The Balaban J connectivity index is 1.59. The second-order valence-corrected chi connectivity index (χ2v) is 8.86. The van der Waals surface area contributed by atoms with Crippen molar-refractivity contribution >= 4 is 28.5 Å². The van der Waals surface area contributed by atoms with Crippen LogP contribution in [0.25, 0.3) is 11.0 Å². The standard InChI is InChI=1S/C28H22N6O2/c1-16-10-21(17(2)31-23-9-4-3-8-20(23)28(35)36)26-24(11-16)32-25(13-30)27(33-26)34-14-19-7-5-6-18(12-29)22(19)15-34/h3-11,17,31H,14-15H2,1-2H3,(H,35,36)/t17-/m1/s1. The van der Waals surface area contributed by atoms with Gasteiger partial charge >= 0.3 is 5.97 Å². The fourth-order valence-electron chi connectivity index (χ4n) is 4.73. The summed E-state index contributed by atoms with van der Waals surface area (Å²) >= 11 is 0. The van der Waals surface area contributed by atoms with E-state index in [-0.39, 0.29) is 17.3 Å². The van der Waals surface area contributed by atoms with E-state index in [0.29, 0.717) is 41.2 Å². The van der Waals surface area contributed by atoms with E-state index in [0.717, 1.165) is 22.3 Å². The van der Waals surface area contributed by atoms with Gasteiger partial charge in [-0.1, -0.05) is 30.3 Å². The molecule has 176 valence electrons. The number of benzene rings is 3. The first kappa shape index (κ1) is 22.8. The number of hydrogen-bond donors (Lipinski definition) is 2. The number of fused-ring (bicyclic) bond motifs is 2. The molecule has 3 aromatic carbocycles. The summed E-state index contributed by atoms with van der Waals surface area (Å²) in [6, 6.07) is 20.4. The van der Waals surface area contributed by atoms with E-state index in [2.05, 4.69) is 22.4 Å². The van der Waals surface area contributed by atoms with Crippen molar-refractivity contribution in [3.63, 3.8) is 0 Å². The largest absolute Gasteiger partial charge is 0.478 e. The molecule has 1 aliphatic rings. The normalized spacial score (nSPS) is 13.1. The number of rotatable bonds is 5. The van der Waals surface area contributed by atoms with E-state index in [4.69, 9.17) is 4.98 Å².